The summed E-state index contributed by atoms with van der Waals surface area (Å²) in [4.78, 5) is -0.102. The van der Waals surface area contributed by atoms with E-state index in [9.17, 15) is 13.5 Å². The van der Waals surface area contributed by atoms with E-state index in [0.717, 1.165) is 15.8 Å². The molecule has 1 aromatic heterocycles. The van der Waals surface area contributed by atoms with Crippen molar-refractivity contribution < 1.29 is 17.9 Å². The molecule has 2 aromatic rings. The van der Waals surface area contributed by atoms with Gasteiger partial charge in [-0.2, -0.15) is 0 Å². The summed E-state index contributed by atoms with van der Waals surface area (Å²) in [7, 11) is 0.741. The number of anilines is 1. The number of nitrogens with zero attached hydrogens (tertiary/aromatic N) is 1. The van der Waals surface area contributed by atoms with Crippen LogP contribution in [-0.2, 0) is 10.0 Å². The second-order valence-electron chi connectivity index (χ2n) is 8.74. The van der Waals surface area contributed by atoms with Crippen molar-refractivity contribution in [2.75, 3.05) is 26.0 Å². The maximum absolute atomic E-state index is 12.6. The number of rotatable bonds is 8. The van der Waals surface area contributed by atoms with Crippen molar-refractivity contribution in [3.63, 3.8) is 0 Å². The lowest BCUT2D eigenvalue weighted by Crippen LogP contribution is -2.33. The Hall–Kier alpha value is -2.39. The number of aromatic hydroxyl groups is 1. The Bertz CT molecular complexity index is 1020. The van der Waals surface area contributed by atoms with Gasteiger partial charge in [0, 0.05) is 19.8 Å². The van der Waals surface area contributed by atoms with E-state index in [1.165, 1.54) is 14.1 Å². The zero-order valence-electron chi connectivity index (χ0n) is 18.8. The van der Waals surface area contributed by atoms with Crippen LogP contribution >= 0.6 is 0 Å². The summed E-state index contributed by atoms with van der Waals surface area (Å²) in [6, 6.07) is 7.09. The number of nitrogens with one attached hydrogen (secondary N) is 2. The molecule has 3 N–H and O–H groups in total. The topological polar surface area (TPSA) is 94.8 Å². The molecule has 0 saturated carbocycles. The predicted octanol–water partition coefficient (Wildman–Crippen LogP) is 2.10. The van der Waals surface area contributed by atoms with Crippen LogP contribution in [0.15, 0.2) is 45.9 Å². The molecule has 1 atom stereocenters. The fourth-order valence-corrected chi connectivity index (χ4v) is 4.30. The summed E-state index contributed by atoms with van der Waals surface area (Å²) >= 11 is 0. The van der Waals surface area contributed by atoms with Gasteiger partial charge in [0.1, 0.15) is 24.3 Å². The van der Waals surface area contributed by atoms with E-state index in [4.69, 9.17) is 4.42 Å². The zero-order chi connectivity index (χ0) is 22.9. The van der Waals surface area contributed by atoms with E-state index in [1.807, 2.05) is 19.1 Å². The molecule has 0 aliphatic carbocycles. The third kappa shape index (κ3) is 5.20. The Morgan fingerprint density at radius 1 is 1.27 bits per heavy atom. The number of hydrogen-bond acceptors (Lipinski definition) is 6. The first-order valence-electron chi connectivity index (χ1n) is 9.74. The maximum Gasteiger partial charge on any atom is 0.245 e. The number of aryl methyl sites for hydroxylation is 1. The largest absolute Gasteiger partial charge is 0.504 e. The molecule has 0 aliphatic heterocycles. The number of furan rings is 1. The molecule has 7 nitrogen and oxygen atoms in total. The number of phenolic OH excluding ortho intramolecular Hbond substituents is 1. The fraction of sp³-hybridized carbons (Fsp3) is 0.429. The second kappa shape index (κ2) is 8.77. The van der Waals surface area contributed by atoms with E-state index in [2.05, 4.69) is 38.0 Å². The Balaban J connectivity index is 2.20. The van der Waals surface area contributed by atoms with E-state index in [-0.39, 0.29) is 22.1 Å². The molecule has 164 valence electrons. The molecule has 0 aliphatic rings. The Morgan fingerprint density at radius 3 is 2.40 bits per heavy atom. The number of sulfonamides is 1. The highest BCUT2D eigenvalue weighted by atomic mass is 32.2. The molecule has 0 unspecified atom stereocenters. The smallest absolute Gasteiger partial charge is 0.245 e. The molecule has 0 saturated heterocycles. The minimum absolute atomic E-state index is 0.100. The van der Waals surface area contributed by atoms with Gasteiger partial charge in [0.05, 0.1) is 18.3 Å². The maximum atomic E-state index is 12.6. The Morgan fingerprint density at radius 2 is 1.90 bits per heavy atom. The zero-order valence-corrected chi connectivity index (χ0v) is 19.6. The number of benzene rings is 1. The summed E-state index contributed by atoms with van der Waals surface area (Å²) < 4.78 is 32.0. The molecule has 0 fully saturated rings. The summed E-state index contributed by atoms with van der Waals surface area (Å²) in [5, 5.41) is 17.1. The van der Waals surface area contributed by atoms with Crippen LogP contribution in [0, 0.1) is 12.3 Å². The highest BCUT2D eigenvalue weighted by Crippen LogP contribution is 2.35. The van der Waals surface area contributed by atoms with Crippen molar-refractivity contribution in [3.8, 4) is 5.75 Å². The monoisotopic (exact) mass is 433 g/mol. The van der Waals surface area contributed by atoms with Crippen LogP contribution in [0.3, 0.4) is 0 Å². The van der Waals surface area contributed by atoms with Gasteiger partial charge in [-0.05, 0) is 30.5 Å². The van der Waals surface area contributed by atoms with Crippen molar-refractivity contribution in [2.24, 2.45) is 5.41 Å². The van der Waals surface area contributed by atoms with Gasteiger partial charge >= 0.3 is 0 Å². The minimum atomic E-state index is -3.78. The molecule has 9 heteroatoms. The van der Waals surface area contributed by atoms with Crippen molar-refractivity contribution >= 4 is 29.0 Å². The fourth-order valence-electron chi connectivity index (χ4n) is 3.10. The first-order chi connectivity index (χ1) is 13.7. The molecule has 0 bridgehead atoms. The molecular weight excluding hydrogens is 401 g/mol. The van der Waals surface area contributed by atoms with E-state index in [0.29, 0.717) is 23.4 Å². The highest BCUT2D eigenvalue weighted by Gasteiger charge is 2.29. The van der Waals surface area contributed by atoms with Crippen LogP contribution in [0.4, 0.5) is 5.69 Å². The second-order valence-corrected chi connectivity index (χ2v) is 10.8. The van der Waals surface area contributed by atoms with Gasteiger partial charge in [0.15, 0.2) is 5.75 Å². The van der Waals surface area contributed by atoms with E-state index in [1.54, 1.807) is 20.0 Å². The first-order valence-corrected chi connectivity index (χ1v) is 11.2. The lowest BCUT2D eigenvalue weighted by Gasteiger charge is -2.31. The lowest BCUT2D eigenvalue weighted by molar-refractivity contribution is 0.249. The van der Waals surface area contributed by atoms with E-state index < -0.39 is 10.0 Å². The normalized spacial score (nSPS) is 13.3. The molecule has 1 aromatic carbocycles. The third-order valence-corrected chi connectivity index (χ3v) is 6.81. The molecule has 30 heavy (non-hydrogen) atoms. The molecule has 0 radical (unpaired) electrons. The van der Waals surface area contributed by atoms with Gasteiger partial charge in [-0.3, -0.25) is 0 Å². The minimum Gasteiger partial charge on any atom is -0.504 e. The molecular formula is C21H32BN3O4S. The molecule has 2 rings (SSSR count). The van der Waals surface area contributed by atoms with E-state index >= 15 is 0 Å². The standard InChI is InChI=1S/C21H32BN3O4S/c1-13(24-20(21(3,4)5)17-11-8-14(2)29-17)12-23-16-10-9-15(22)19(18(16)26)30(27,28)25(6)7/h8-11,20,23-24,26H,1,12,22H2,2-7H3/t20-/m0/s1. The van der Waals surface area contributed by atoms with Crippen LogP contribution in [-0.4, -0.2) is 46.3 Å². The molecule has 0 amide bonds. The van der Waals surface area contributed by atoms with Gasteiger partial charge in [-0.1, -0.05) is 38.9 Å². The van der Waals surface area contributed by atoms with Crippen LogP contribution < -0.4 is 16.1 Å². The average Bonchev–Trinajstić information content (AvgIpc) is 3.03. The highest BCUT2D eigenvalue weighted by molar-refractivity contribution is 7.89. The van der Waals surface area contributed by atoms with Crippen molar-refractivity contribution in [2.45, 2.75) is 38.6 Å². The summed E-state index contributed by atoms with van der Waals surface area (Å²) in [5.41, 5.74) is 1.35. The average molecular weight is 433 g/mol. The Labute approximate surface area is 180 Å². The van der Waals surface area contributed by atoms with Gasteiger partial charge < -0.3 is 20.2 Å². The van der Waals surface area contributed by atoms with Crippen molar-refractivity contribution in [3.05, 3.63) is 48.1 Å². The van der Waals surface area contributed by atoms with Gasteiger partial charge in [0.25, 0.3) is 0 Å². The lowest BCUT2D eigenvalue weighted by atomic mass is 9.85. The predicted molar refractivity (Wildman–Crippen MR) is 124 cm³/mol. The van der Waals surface area contributed by atoms with Crippen LogP contribution in [0.5, 0.6) is 5.75 Å². The van der Waals surface area contributed by atoms with Crippen LogP contribution in [0.25, 0.3) is 0 Å². The number of hydrogen-bond donors (Lipinski definition) is 3. The molecule has 0 spiro atoms. The van der Waals surface area contributed by atoms with Crippen molar-refractivity contribution in [1.82, 2.24) is 9.62 Å². The van der Waals surface area contributed by atoms with Crippen LogP contribution in [0.1, 0.15) is 38.3 Å². The SMILES string of the molecule is Bc1ccc(NCC(=C)N[C@@H](c2ccc(C)o2)C(C)(C)C)c(O)c1S(=O)(=O)N(C)C. The summed E-state index contributed by atoms with van der Waals surface area (Å²) in [6.45, 7) is 12.6. The quantitative estimate of drug-likeness (QED) is 0.436. The molecule has 1 heterocycles. The first kappa shape index (κ1) is 23.9. The third-order valence-electron chi connectivity index (χ3n) is 4.82. The van der Waals surface area contributed by atoms with Gasteiger partial charge in [-0.15, -0.1) is 0 Å². The van der Waals surface area contributed by atoms with Gasteiger partial charge in [0.2, 0.25) is 10.0 Å². The van der Waals surface area contributed by atoms with Gasteiger partial charge in [-0.25, -0.2) is 12.7 Å². The Kier molecular flexibility index (Phi) is 6.99. The summed E-state index contributed by atoms with van der Waals surface area (Å²) in [6.07, 6.45) is 0. The van der Waals surface area contributed by atoms with Crippen molar-refractivity contribution in [1.29, 1.82) is 0 Å². The summed E-state index contributed by atoms with van der Waals surface area (Å²) in [5.74, 6) is 1.35. The van der Waals surface area contributed by atoms with Crippen LogP contribution in [0.2, 0.25) is 0 Å². The number of phenols is 1.